The minimum Gasteiger partial charge on any atom is -0.337 e. The van der Waals surface area contributed by atoms with E-state index in [4.69, 9.17) is 0 Å². The second-order valence-electron chi connectivity index (χ2n) is 3.20. The number of alkyl halides is 3. The summed E-state index contributed by atoms with van der Waals surface area (Å²) in [5.74, 6) is 0. The quantitative estimate of drug-likeness (QED) is 0.692. The minimum atomic E-state index is -4.32. The fourth-order valence-corrected chi connectivity index (χ4v) is 1.17. The summed E-state index contributed by atoms with van der Waals surface area (Å²) in [7, 11) is 0. The molecular formula is C9H13F3N2. The van der Waals surface area contributed by atoms with Crippen molar-refractivity contribution < 1.29 is 13.2 Å². The van der Waals surface area contributed by atoms with Gasteiger partial charge in [0.25, 0.3) is 0 Å². The second kappa shape index (κ2) is 4.48. The lowest BCUT2D eigenvalue weighted by atomic mass is 10.2. The van der Waals surface area contributed by atoms with E-state index in [1.165, 1.54) is 10.9 Å². The van der Waals surface area contributed by atoms with Crippen molar-refractivity contribution in [3.05, 3.63) is 18.2 Å². The third-order valence-corrected chi connectivity index (χ3v) is 1.94. The third kappa shape index (κ3) is 3.05. The molecule has 0 aromatic carbocycles. The van der Waals surface area contributed by atoms with Crippen LogP contribution < -0.4 is 0 Å². The van der Waals surface area contributed by atoms with Crippen molar-refractivity contribution in [3.8, 4) is 0 Å². The molecule has 0 N–H and O–H groups in total. The molecule has 0 radical (unpaired) electrons. The highest BCUT2D eigenvalue weighted by atomic mass is 19.4. The summed E-state index contributed by atoms with van der Waals surface area (Å²) < 4.78 is 37.8. The molecule has 0 aliphatic rings. The summed E-state index contributed by atoms with van der Waals surface area (Å²) in [5, 5.41) is 0. The van der Waals surface area contributed by atoms with Gasteiger partial charge in [-0.05, 0) is 6.42 Å². The molecule has 2 nitrogen and oxygen atoms in total. The van der Waals surface area contributed by atoms with Crippen molar-refractivity contribution in [2.24, 2.45) is 0 Å². The molecule has 1 heterocycles. The van der Waals surface area contributed by atoms with Crippen LogP contribution in [0.4, 0.5) is 13.2 Å². The fraction of sp³-hybridized carbons (Fsp3) is 0.667. The number of aryl methyl sites for hydroxylation is 1. The van der Waals surface area contributed by atoms with E-state index in [0.29, 0.717) is 6.54 Å². The van der Waals surface area contributed by atoms with E-state index in [1.54, 1.807) is 0 Å². The predicted molar refractivity (Wildman–Crippen MR) is 46.8 cm³/mol. The van der Waals surface area contributed by atoms with Crippen LogP contribution >= 0.6 is 0 Å². The molecule has 1 aromatic rings. The number of hydrogen-bond acceptors (Lipinski definition) is 1. The Labute approximate surface area is 80.8 Å². The van der Waals surface area contributed by atoms with Crippen molar-refractivity contribution in [2.45, 2.75) is 38.9 Å². The maximum absolute atomic E-state index is 12.1. The molecule has 0 saturated heterocycles. The average Bonchev–Trinajstić information content (AvgIpc) is 2.52. The van der Waals surface area contributed by atoms with Crippen molar-refractivity contribution in [1.29, 1.82) is 0 Å². The van der Waals surface area contributed by atoms with Gasteiger partial charge in [-0.15, -0.1) is 0 Å². The molecule has 0 amide bonds. The first-order valence-electron chi connectivity index (χ1n) is 4.63. The smallest absolute Gasteiger partial charge is 0.337 e. The molecule has 0 unspecified atom stereocenters. The van der Waals surface area contributed by atoms with Crippen LogP contribution in [-0.4, -0.2) is 9.55 Å². The van der Waals surface area contributed by atoms with Gasteiger partial charge in [0.2, 0.25) is 0 Å². The number of rotatable bonds is 4. The zero-order chi connectivity index (χ0) is 10.6. The van der Waals surface area contributed by atoms with E-state index in [1.807, 2.05) is 0 Å². The SMILES string of the molecule is CCCCCn1cnc(C(F)(F)F)c1. The van der Waals surface area contributed by atoms with Gasteiger partial charge < -0.3 is 4.57 Å². The maximum atomic E-state index is 12.1. The topological polar surface area (TPSA) is 17.8 Å². The van der Waals surface area contributed by atoms with Crippen LogP contribution in [0.5, 0.6) is 0 Å². The Bertz CT molecular complexity index is 278. The molecule has 1 aromatic heterocycles. The average molecular weight is 206 g/mol. The molecule has 5 heteroatoms. The first-order valence-corrected chi connectivity index (χ1v) is 4.63. The molecule has 0 saturated carbocycles. The summed E-state index contributed by atoms with van der Waals surface area (Å²) in [6.45, 7) is 2.66. The van der Waals surface area contributed by atoms with Crippen LogP contribution in [0.3, 0.4) is 0 Å². The number of imidazole rings is 1. The van der Waals surface area contributed by atoms with Gasteiger partial charge in [-0.25, -0.2) is 4.98 Å². The zero-order valence-corrected chi connectivity index (χ0v) is 8.01. The van der Waals surface area contributed by atoms with E-state index in [0.717, 1.165) is 25.5 Å². The van der Waals surface area contributed by atoms with Gasteiger partial charge in [0.05, 0.1) is 6.33 Å². The lowest BCUT2D eigenvalue weighted by molar-refractivity contribution is -0.140. The summed E-state index contributed by atoms with van der Waals surface area (Å²) in [6, 6.07) is 0. The molecule has 0 aliphatic heterocycles. The van der Waals surface area contributed by atoms with Gasteiger partial charge in [-0.1, -0.05) is 19.8 Å². The first kappa shape index (κ1) is 11.1. The Hall–Kier alpha value is -1.00. The highest BCUT2D eigenvalue weighted by Gasteiger charge is 2.33. The normalized spacial score (nSPS) is 12.0. The van der Waals surface area contributed by atoms with Crippen LogP contribution in [0, 0.1) is 0 Å². The van der Waals surface area contributed by atoms with Crippen molar-refractivity contribution in [2.75, 3.05) is 0 Å². The van der Waals surface area contributed by atoms with E-state index in [-0.39, 0.29) is 0 Å². The molecule has 0 fully saturated rings. The summed E-state index contributed by atoms with van der Waals surface area (Å²) in [4.78, 5) is 3.30. The van der Waals surface area contributed by atoms with Crippen LogP contribution in [0.1, 0.15) is 31.9 Å². The Balaban J connectivity index is 2.51. The minimum absolute atomic E-state index is 0.608. The zero-order valence-electron chi connectivity index (χ0n) is 8.01. The summed E-state index contributed by atoms with van der Waals surface area (Å²) in [5.41, 5.74) is -0.811. The lowest BCUT2D eigenvalue weighted by Gasteiger charge is -2.01. The van der Waals surface area contributed by atoms with Crippen LogP contribution in [0.2, 0.25) is 0 Å². The highest BCUT2D eigenvalue weighted by Crippen LogP contribution is 2.27. The van der Waals surface area contributed by atoms with E-state index in [9.17, 15) is 13.2 Å². The fourth-order valence-electron chi connectivity index (χ4n) is 1.17. The highest BCUT2D eigenvalue weighted by molar-refractivity contribution is 5.01. The molecule has 0 spiro atoms. The van der Waals surface area contributed by atoms with Crippen LogP contribution in [0.25, 0.3) is 0 Å². The van der Waals surface area contributed by atoms with E-state index >= 15 is 0 Å². The van der Waals surface area contributed by atoms with Gasteiger partial charge >= 0.3 is 6.18 Å². The number of halogens is 3. The third-order valence-electron chi connectivity index (χ3n) is 1.94. The summed E-state index contributed by atoms with van der Waals surface area (Å²) in [6.07, 6.45) is 0.939. The molecule has 1 rings (SSSR count). The van der Waals surface area contributed by atoms with Crippen LogP contribution in [-0.2, 0) is 12.7 Å². The number of nitrogens with zero attached hydrogens (tertiary/aromatic N) is 2. The van der Waals surface area contributed by atoms with E-state index < -0.39 is 11.9 Å². The number of unbranched alkanes of at least 4 members (excludes halogenated alkanes) is 2. The number of hydrogen-bond donors (Lipinski definition) is 0. The first-order chi connectivity index (χ1) is 6.54. The summed E-state index contributed by atoms with van der Waals surface area (Å²) >= 11 is 0. The molecule has 0 atom stereocenters. The van der Waals surface area contributed by atoms with Gasteiger partial charge in [-0.3, -0.25) is 0 Å². The molecule has 0 bridgehead atoms. The Morgan fingerprint density at radius 2 is 2.07 bits per heavy atom. The van der Waals surface area contributed by atoms with Gasteiger partial charge in [0, 0.05) is 12.7 Å². The van der Waals surface area contributed by atoms with Gasteiger partial charge in [-0.2, -0.15) is 13.2 Å². The Morgan fingerprint density at radius 1 is 1.36 bits per heavy atom. The van der Waals surface area contributed by atoms with Gasteiger partial charge in [0.15, 0.2) is 5.69 Å². The predicted octanol–water partition coefficient (Wildman–Crippen LogP) is 3.09. The molecule has 0 aliphatic carbocycles. The Kier molecular flexibility index (Phi) is 3.55. The second-order valence-corrected chi connectivity index (χ2v) is 3.20. The molecule has 80 valence electrons. The Morgan fingerprint density at radius 3 is 2.57 bits per heavy atom. The molecular weight excluding hydrogens is 193 g/mol. The number of aromatic nitrogens is 2. The maximum Gasteiger partial charge on any atom is 0.434 e. The van der Waals surface area contributed by atoms with Gasteiger partial charge in [0.1, 0.15) is 0 Å². The monoisotopic (exact) mass is 206 g/mol. The van der Waals surface area contributed by atoms with Crippen molar-refractivity contribution in [1.82, 2.24) is 9.55 Å². The largest absolute Gasteiger partial charge is 0.434 e. The lowest BCUT2D eigenvalue weighted by Crippen LogP contribution is -2.05. The van der Waals surface area contributed by atoms with Crippen molar-refractivity contribution in [3.63, 3.8) is 0 Å². The standard InChI is InChI=1S/C9H13F3N2/c1-2-3-4-5-14-6-8(13-7-14)9(10,11)12/h6-7H,2-5H2,1H3. The molecule has 14 heavy (non-hydrogen) atoms. The van der Waals surface area contributed by atoms with Crippen molar-refractivity contribution >= 4 is 0 Å². The van der Waals surface area contributed by atoms with E-state index in [2.05, 4.69) is 11.9 Å². The van der Waals surface area contributed by atoms with Crippen LogP contribution in [0.15, 0.2) is 12.5 Å².